The highest BCUT2D eigenvalue weighted by Crippen LogP contribution is 2.24. The highest BCUT2D eigenvalue weighted by molar-refractivity contribution is 6.06. The molecule has 1 aliphatic carbocycles. The highest BCUT2D eigenvalue weighted by Gasteiger charge is 2.27. The molecule has 1 aliphatic heterocycles. The van der Waals surface area contributed by atoms with E-state index in [-0.39, 0.29) is 11.7 Å². The minimum atomic E-state index is -0.313. The molecule has 4 rings (SSSR count). The first-order chi connectivity index (χ1) is 15.6. The van der Waals surface area contributed by atoms with E-state index in [1.165, 1.54) is 44.2 Å². The van der Waals surface area contributed by atoms with Gasteiger partial charge in [0.15, 0.2) is 0 Å². The Morgan fingerprint density at radius 1 is 1.03 bits per heavy atom. The van der Waals surface area contributed by atoms with Crippen LogP contribution in [0.3, 0.4) is 0 Å². The van der Waals surface area contributed by atoms with E-state index in [1.807, 2.05) is 0 Å². The van der Waals surface area contributed by atoms with Crippen molar-refractivity contribution in [1.82, 2.24) is 15.1 Å². The van der Waals surface area contributed by atoms with Gasteiger partial charge >= 0.3 is 0 Å². The fraction of sp³-hybridized carbons (Fsp3) is 0.440. The zero-order valence-corrected chi connectivity index (χ0v) is 18.6. The number of nitrogens with one attached hydrogen (secondary N) is 1. The number of carbonyl (C=O) groups excluding carboxylic acids is 1. The number of hydrogen-bond donors (Lipinski definition) is 1. The van der Waals surface area contributed by atoms with Gasteiger partial charge in [0, 0.05) is 37.8 Å². The van der Waals surface area contributed by atoms with Crippen LogP contribution in [0.2, 0.25) is 0 Å². The van der Waals surface area contributed by atoms with Crippen LogP contribution in [0.15, 0.2) is 53.5 Å². The first kappa shape index (κ1) is 22.3. The Bertz CT molecular complexity index is 933. The molecule has 0 aromatic heterocycles. The largest absolute Gasteiger partial charge is 0.497 e. The number of rotatable bonds is 4. The van der Waals surface area contributed by atoms with E-state index < -0.39 is 0 Å². The van der Waals surface area contributed by atoms with Gasteiger partial charge in [-0.1, -0.05) is 25.3 Å². The fourth-order valence-electron chi connectivity index (χ4n) is 4.50. The van der Waals surface area contributed by atoms with E-state index in [0.717, 1.165) is 26.2 Å². The lowest BCUT2D eigenvalue weighted by molar-refractivity contribution is 0.0943. The normalized spacial score (nSPS) is 18.4. The van der Waals surface area contributed by atoms with E-state index in [0.29, 0.717) is 29.0 Å². The summed E-state index contributed by atoms with van der Waals surface area (Å²) in [5.74, 6) is 0.551. The monoisotopic (exact) mass is 438 g/mol. The topological polar surface area (TPSA) is 57.2 Å². The molecule has 7 heteroatoms. The molecule has 32 heavy (non-hydrogen) atoms. The second-order valence-corrected chi connectivity index (χ2v) is 8.41. The maximum atomic E-state index is 13.4. The molecular formula is C25H31FN4O2. The van der Waals surface area contributed by atoms with E-state index in [1.54, 1.807) is 43.5 Å². The van der Waals surface area contributed by atoms with Gasteiger partial charge in [-0.15, -0.1) is 0 Å². The molecule has 1 amide bonds. The summed E-state index contributed by atoms with van der Waals surface area (Å²) >= 11 is 0. The molecule has 0 radical (unpaired) electrons. The summed E-state index contributed by atoms with van der Waals surface area (Å²) in [6, 6.07) is 13.7. The Hall–Kier alpha value is -2.93. The van der Waals surface area contributed by atoms with Crippen molar-refractivity contribution in [2.24, 2.45) is 4.99 Å². The molecule has 1 saturated carbocycles. The van der Waals surface area contributed by atoms with Crippen molar-refractivity contribution >= 4 is 17.6 Å². The molecular weight excluding hydrogens is 407 g/mol. The van der Waals surface area contributed by atoms with Crippen LogP contribution in [0.25, 0.3) is 0 Å². The number of halogens is 1. The number of guanidine groups is 1. The molecule has 1 saturated heterocycles. The molecule has 2 aromatic rings. The number of hydrogen-bond acceptors (Lipinski definition) is 4. The van der Waals surface area contributed by atoms with Gasteiger partial charge < -0.3 is 9.64 Å². The summed E-state index contributed by atoms with van der Waals surface area (Å²) in [5, 5.41) is 2.98. The summed E-state index contributed by atoms with van der Waals surface area (Å²) in [7, 11) is 1.57. The lowest BCUT2D eigenvalue weighted by Crippen LogP contribution is -2.55. The molecule has 0 bridgehead atoms. The van der Waals surface area contributed by atoms with Gasteiger partial charge in [0.2, 0.25) is 5.96 Å². The van der Waals surface area contributed by atoms with Gasteiger partial charge in [-0.3, -0.25) is 15.0 Å². The van der Waals surface area contributed by atoms with E-state index in [9.17, 15) is 9.18 Å². The van der Waals surface area contributed by atoms with Crippen LogP contribution in [0, 0.1) is 5.82 Å². The van der Waals surface area contributed by atoms with Gasteiger partial charge in [-0.2, -0.15) is 0 Å². The maximum absolute atomic E-state index is 13.4. The molecule has 0 spiro atoms. The van der Waals surface area contributed by atoms with Crippen molar-refractivity contribution in [3.63, 3.8) is 0 Å². The van der Waals surface area contributed by atoms with Gasteiger partial charge in [-0.05, 0) is 55.3 Å². The summed E-state index contributed by atoms with van der Waals surface area (Å²) in [6.45, 7) is 3.47. The van der Waals surface area contributed by atoms with Crippen LogP contribution in [0.1, 0.15) is 42.5 Å². The van der Waals surface area contributed by atoms with E-state index in [2.05, 4.69) is 20.1 Å². The fourth-order valence-corrected chi connectivity index (χ4v) is 4.50. The summed E-state index contributed by atoms with van der Waals surface area (Å²) < 4.78 is 18.6. The van der Waals surface area contributed by atoms with Crippen molar-refractivity contribution in [2.45, 2.75) is 38.1 Å². The van der Waals surface area contributed by atoms with Crippen LogP contribution in [0.5, 0.6) is 5.75 Å². The number of aliphatic imine (C=N–C) groups is 1. The third-order valence-electron chi connectivity index (χ3n) is 6.32. The van der Waals surface area contributed by atoms with Crippen LogP contribution < -0.4 is 10.1 Å². The number of ether oxygens (including phenoxy) is 1. The van der Waals surface area contributed by atoms with Crippen molar-refractivity contribution in [3.05, 3.63) is 59.9 Å². The number of benzene rings is 2. The average molecular weight is 439 g/mol. The lowest BCUT2D eigenvalue weighted by Gasteiger charge is -2.41. The molecule has 6 nitrogen and oxygen atoms in total. The molecule has 2 fully saturated rings. The first-order valence-corrected chi connectivity index (χ1v) is 11.4. The number of amides is 1. The second-order valence-electron chi connectivity index (χ2n) is 8.41. The van der Waals surface area contributed by atoms with Crippen molar-refractivity contribution in [2.75, 3.05) is 33.3 Å². The Morgan fingerprint density at radius 3 is 2.44 bits per heavy atom. The lowest BCUT2D eigenvalue weighted by atomic mass is 9.94. The predicted octanol–water partition coefficient (Wildman–Crippen LogP) is 4.20. The smallest absolute Gasteiger partial charge is 0.258 e. The van der Waals surface area contributed by atoms with Gasteiger partial charge in [0.05, 0.1) is 12.8 Å². The molecule has 2 aliphatic rings. The van der Waals surface area contributed by atoms with E-state index in [4.69, 9.17) is 4.74 Å². The molecule has 1 heterocycles. The number of piperazine rings is 1. The second kappa shape index (κ2) is 10.6. The Kier molecular flexibility index (Phi) is 7.37. The standard InChI is InChI=1S/C25H31FN4O2/c1-32-23-9-5-6-19(18-23)24(31)28-25(27-21-12-10-20(26)11-13-21)30-16-14-29(15-17-30)22-7-3-2-4-8-22/h5-6,9-13,18,22H,2-4,7-8,14-17H2,1H3,(H,27,28,31). The first-order valence-electron chi connectivity index (χ1n) is 11.4. The SMILES string of the molecule is COc1cccc(C(=O)NC(=Nc2ccc(F)cc2)N2CCN(C3CCCCC3)CC2)c1. The van der Waals surface area contributed by atoms with Crippen molar-refractivity contribution in [1.29, 1.82) is 0 Å². The molecule has 170 valence electrons. The van der Waals surface area contributed by atoms with Gasteiger partial charge in [-0.25, -0.2) is 9.38 Å². The van der Waals surface area contributed by atoms with E-state index >= 15 is 0 Å². The highest BCUT2D eigenvalue weighted by atomic mass is 19.1. The Labute approximate surface area is 189 Å². The zero-order chi connectivity index (χ0) is 22.3. The third kappa shape index (κ3) is 5.65. The van der Waals surface area contributed by atoms with Crippen LogP contribution in [-0.4, -0.2) is 61.0 Å². The summed E-state index contributed by atoms with van der Waals surface area (Å²) in [5.41, 5.74) is 1.10. The summed E-state index contributed by atoms with van der Waals surface area (Å²) in [4.78, 5) is 22.3. The van der Waals surface area contributed by atoms with Crippen LogP contribution >= 0.6 is 0 Å². The predicted molar refractivity (Wildman–Crippen MR) is 124 cm³/mol. The Balaban J connectivity index is 1.50. The maximum Gasteiger partial charge on any atom is 0.258 e. The molecule has 2 aromatic carbocycles. The van der Waals surface area contributed by atoms with Crippen LogP contribution in [0.4, 0.5) is 10.1 Å². The number of carbonyl (C=O) groups is 1. The van der Waals surface area contributed by atoms with Crippen LogP contribution in [-0.2, 0) is 0 Å². The van der Waals surface area contributed by atoms with Gasteiger partial charge in [0.1, 0.15) is 11.6 Å². The quantitative estimate of drug-likeness (QED) is 0.574. The zero-order valence-electron chi connectivity index (χ0n) is 18.6. The van der Waals surface area contributed by atoms with Crippen molar-refractivity contribution in [3.8, 4) is 5.75 Å². The minimum Gasteiger partial charge on any atom is -0.497 e. The number of methoxy groups -OCH3 is 1. The molecule has 0 unspecified atom stereocenters. The average Bonchev–Trinajstić information content (AvgIpc) is 2.85. The van der Waals surface area contributed by atoms with Gasteiger partial charge in [0.25, 0.3) is 5.91 Å². The minimum absolute atomic E-state index is 0.250. The summed E-state index contributed by atoms with van der Waals surface area (Å²) in [6.07, 6.45) is 6.55. The Morgan fingerprint density at radius 2 is 1.75 bits per heavy atom. The molecule has 0 atom stereocenters. The number of nitrogens with zero attached hydrogens (tertiary/aromatic N) is 3. The molecule has 1 N–H and O–H groups in total. The third-order valence-corrected chi connectivity index (χ3v) is 6.32. The van der Waals surface area contributed by atoms with Crippen molar-refractivity contribution < 1.29 is 13.9 Å².